The molecule has 1 atom stereocenters. The Morgan fingerprint density at radius 2 is 1.93 bits per heavy atom. The molecule has 1 aliphatic heterocycles. The lowest BCUT2D eigenvalue weighted by Gasteiger charge is -2.42. The van der Waals surface area contributed by atoms with E-state index in [0.29, 0.717) is 23.9 Å². The predicted molar refractivity (Wildman–Crippen MR) is 113 cm³/mol. The molecule has 1 saturated heterocycles. The van der Waals surface area contributed by atoms with E-state index >= 15 is 0 Å². The molecule has 0 saturated carbocycles. The molecule has 1 fully saturated rings. The van der Waals surface area contributed by atoms with Gasteiger partial charge in [0.2, 0.25) is 0 Å². The maximum absolute atomic E-state index is 12.5. The molecule has 6 heteroatoms. The largest absolute Gasteiger partial charge is 0.482 e. The third-order valence-corrected chi connectivity index (χ3v) is 5.35. The molecule has 2 N–H and O–H groups in total. The van der Waals surface area contributed by atoms with Crippen LogP contribution in [0.3, 0.4) is 0 Å². The summed E-state index contributed by atoms with van der Waals surface area (Å²) >= 11 is 6.35. The predicted octanol–water partition coefficient (Wildman–Crippen LogP) is 4.39. The second kappa shape index (κ2) is 8.96. The van der Waals surface area contributed by atoms with Crippen LogP contribution in [0.15, 0.2) is 48.5 Å². The highest BCUT2D eigenvalue weighted by molar-refractivity contribution is 6.32. The fourth-order valence-corrected chi connectivity index (χ4v) is 3.48. The monoisotopic (exact) mass is 408 g/mol. The molecule has 0 aliphatic carbocycles. The van der Waals surface area contributed by atoms with Gasteiger partial charge in [-0.25, -0.2) is 0 Å². The Labute approximate surface area is 172 Å². The fraction of sp³-hybridized carbons (Fsp3) is 0.381. The fourth-order valence-electron chi connectivity index (χ4n) is 3.25. The SMILES string of the molecule is CC1(C)CN(C(=O)COc2ccc(-c3ccccc3)cc2Cl)CCC1N.Cl. The van der Waals surface area contributed by atoms with Crippen LogP contribution in [0.1, 0.15) is 20.3 Å². The zero-order chi connectivity index (χ0) is 18.7. The number of amides is 1. The first-order valence-electron chi connectivity index (χ1n) is 8.88. The molecule has 0 bridgehead atoms. The molecular formula is C21H26Cl2N2O2. The van der Waals surface area contributed by atoms with Crippen LogP contribution >= 0.6 is 24.0 Å². The van der Waals surface area contributed by atoms with Crippen LogP contribution in [-0.4, -0.2) is 36.5 Å². The van der Waals surface area contributed by atoms with Gasteiger partial charge < -0.3 is 15.4 Å². The lowest BCUT2D eigenvalue weighted by atomic mass is 9.80. The van der Waals surface area contributed by atoms with E-state index in [4.69, 9.17) is 22.1 Å². The third kappa shape index (κ3) is 5.16. The van der Waals surface area contributed by atoms with Crippen LogP contribution in [-0.2, 0) is 4.79 Å². The quantitative estimate of drug-likeness (QED) is 0.815. The van der Waals surface area contributed by atoms with E-state index in [9.17, 15) is 4.79 Å². The summed E-state index contributed by atoms with van der Waals surface area (Å²) in [4.78, 5) is 14.3. The van der Waals surface area contributed by atoms with E-state index in [0.717, 1.165) is 17.5 Å². The molecule has 2 aromatic rings. The van der Waals surface area contributed by atoms with Gasteiger partial charge in [-0.1, -0.05) is 61.8 Å². The Hall–Kier alpha value is -1.75. The third-order valence-electron chi connectivity index (χ3n) is 5.06. The Morgan fingerprint density at radius 3 is 2.56 bits per heavy atom. The minimum Gasteiger partial charge on any atom is -0.482 e. The molecule has 1 heterocycles. The lowest BCUT2D eigenvalue weighted by molar-refractivity contribution is -0.136. The van der Waals surface area contributed by atoms with Crippen molar-refractivity contribution in [1.29, 1.82) is 0 Å². The van der Waals surface area contributed by atoms with E-state index in [-0.39, 0.29) is 36.4 Å². The maximum atomic E-state index is 12.5. The number of likely N-dealkylation sites (tertiary alicyclic amines) is 1. The van der Waals surface area contributed by atoms with Gasteiger partial charge in [0.15, 0.2) is 6.61 Å². The van der Waals surface area contributed by atoms with Gasteiger partial charge in [0.1, 0.15) is 5.75 Å². The number of carbonyl (C=O) groups excluding carboxylic acids is 1. The van der Waals surface area contributed by atoms with Crippen molar-refractivity contribution in [3.05, 3.63) is 53.6 Å². The second-order valence-electron chi connectivity index (χ2n) is 7.50. The van der Waals surface area contributed by atoms with E-state index in [1.807, 2.05) is 53.4 Å². The first kappa shape index (κ1) is 21.5. The van der Waals surface area contributed by atoms with Gasteiger partial charge in [-0.2, -0.15) is 0 Å². The lowest BCUT2D eigenvalue weighted by Crippen LogP contribution is -2.54. The minimum absolute atomic E-state index is 0. The number of hydrogen-bond donors (Lipinski definition) is 1. The first-order chi connectivity index (χ1) is 12.4. The number of carbonyl (C=O) groups is 1. The Balaban J connectivity index is 0.00000261. The van der Waals surface area contributed by atoms with Crippen LogP contribution < -0.4 is 10.5 Å². The van der Waals surface area contributed by atoms with E-state index in [2.05, 4.69) is 13.8 Å². The van der Waals surface area contributed by atoms with Gasteiger partial charge >= 0.3 is 0 Å². The molecule has 2 aromatic carbocycles. The van der Waals surface area contributed by atoms with Crippen molar-refractivity contribution in [2.24, 2.45) is 11.1 Å². The molecule has 0 aromatic heterocycles. The number of benzene rings is 2. The zero-order valence-electron chi connectivity index (χ0n) is 15.7. The van der Waals surface area contributed by atoms with Gasteiger partial charge in [0, 0.05) is 19.1 Å². The van der Waals surface area contributed by atoms with Crippen molar-refractivity contribution in [3.63, 3.8) is 0 Å². The Bertz CT molecular complexity index is 781. The summed E-state index contributed by atoms with van der Waals surface area (Å²) in [6.45, 7) is 5.49. The van der Waals surface area contributed by atoms with Gasteiger partial charge in [0.25, 0.3) is 5.91 Å². The van der Waals surface area contributed by atoms with Gasteiger partial charge in [0.05, 0.1) is 5.02 Å². The molecule has 0 spiro atoms. The van der Waals surface area contributed by atoms with Crippen molar-refractivity contribution in [2.45, 2.75) is 26.3 Å². The molecule has 1 amide bonds. The van der Waals surface area contributed by atoms with Crippen molar-refractivity contribution in [1.82, 2.24) is 4.90 Å². The summed E-state index contributed by atoms with van der Waals surface area (Å²) in [5, 5.41) is 0.500. The summed E-state index contributed by atoms with van der Waals surface area (Å²) in [5.41, 5.74) is 8.16. The molecule has 146 valence electrons. The van der Waals surface area contributed by atoms with E-state index < -0.39 is 0 Å². The second-order valence-corrected chi connectivity index (χ2v) is 7.91. The number of hydrogen-bond acceptors (Lipinski definition) is 3. The number of halogens is 2. The highest BCUT2D eigenvalue weighted by Gasteiger charge is 2.35. The summed E-state index contributed by atoms with van der Waals surface area (Å²) in [6, 6.07) is 15.7. The highest BCUT2D eigenvalue weighted by Crippen LogP contribution is 2.31. The highest BCUT2D eigenvalue weighted by atomic mass is 35.5. The maximum Gasteiger partial charge on any atom is 0.260 e. The smallest absolute Gasteiger partial charge is 0.260 e. The molecule has 1 aliphatic rings. The van der Waals surface area contributed by atoms with E-state index in [1.54, 1.807) is 0 Å². The topological polar surface area (TPSA) is 55.6 Å². The number of piperidine rings is 1. The summed E-state index contributed by atoms with van der Waals surface area (Å²) in [7, 11) is 0. The number of nitrogens with two attached hydrogens (primary N) is 1. The first-order valence-corrected chi connectivity index (χ1v) is 9.26. The standard InChI is InChI=1S/C21H25ClN2O2.ClH/c1-21(2)14-24(11-10-19(21)23)20(25)13-26-18-9-8-16(12-17(18)22)15-6-4-3-5-7-15;/h3-9,12,19H,10-11,13-14,23H2,1-2H3;1H. The van der Waals surface area contributed by atoms with E-state index in [1.165, 1.54) is 0 Å². The summed E-state index contributed by atoms with van der Waals surface area (Å²) in [6.07, 6.45) is 0.811. The van der Waals surface area contributed by atoms with Crippen molar-refractivity contribution >= 4 is 29.9 Å². The minimum atomic E-state index is -0.0805. The van der Waals surface area contributed by atoms with Crippen LogP contribution in [0.4, 0.5) is 0 Å². The van der Waals surface area contributed by atoms with Crippen LogP contribution in [0.2, 0.25) is 5.02 Å². The number of nitrogens with zero attached hydrogens (tertiary/aromatic N) is 1. The molecular weight excluding hydrogens is 383 g/mol. The number of rotatable bonds is 4. The zero-order valence-corrected chi connectivity index (χ0v) is 17.2. The molecule has 4 nitrogen and oxygen atoms in total. The van der Waals surface area contributed by atoms with Gasteiger partial charge in [-0.15, -0.1) is 12.4 Å². The average Bonchev–Trinajstić information content (AvgIpc) is 2.63. The number of ether oxygens (including phenoxy) is 1. The van der Waals surface area contributed by atoms with Crippen LogP contribution in [0, 0.1) is 5.41 Å². The van der Waals surface area contributed by atoms with Crippen molar-refractivity contribution in [2.75, 3.05) is 19.7 Å². The Kier molecular flexibility index (Phi) is 7.15. The van der Waals surface area contributed by atoms with Gasteiger partial charge in [-0.3, -0.25) is 4.79 Å². The molecule has 27 heavy (non-hydrogen) atoms. The Morgan fingerprint density at radius 1 is 1.22 bits per heavy atom. The molecule has 3 rings (SSSR count). The molecule has 1 unspecified atom stereocenters. The average molecular weight is 409 g/mol. The summed E-state index contributed by atoms with van der Waals surface area (Å²) < 4.78 is 5.68. The van der Waals surface area contributed by atoms with Crippen molar-refractivity contribution in [3.8, 4) is 16.9 Å². The van der Waals surface area contributed by atoms with Crippen molar-refractivity contribution < 1.29 is 9.53 Å². The van der Waals surface area contributed by atoms with Crippen LogP contribution in [0.5, 0.6) is 5.75 Å². The molecule has 0 radical (unpaired) electrons. The summed E-state index contributed by atoms with van der Waals surface area (Å²) in [5.74, 6) is 0.487. The van der Waals surface area contributed by atoms with Gasteiger partial charge in [-0.05, 0) is 35.1 Å². The van der Waals surface area contributed by atoms with Crippen LogP contribution in [0.25, 0.3) is 11.1 Å². The normalized spacial score (nSPS) is 18.5.